The fourth-order valence-electron chi connectivity index (χ4n) is 1.04. The fraction of sp³-hybridized carbons (Fsp3) is 0.636. The van der Waals surface area contributed by atoms with E-state index in [4.69, 9.17) is 4.42 Å². The van der Waals surface area contributed by atoms with Gasteiger partial charge in [-0.15, -0.1) is 0 Å². The number of halogens is 2. The standard InChI is InChI=1S/C11H17Br2NO/c1-7(11(2,3)4)14-6-8-5-9(12)10(13)15-8/h5,7,14H,6H2,1-4H3. The van der Waals surface area contributed by atoms with Crippen molar-refractivity contribution in [3.8, 4) is 0 Å². The minimum atomic E-state index is 0.265. The van der Waals surface area contributed by atoms with Crippen LogP contribution in [0, 0.1) is 5.41 Å². The van der Waals surface area contributed by atoms with E-state index in [1.165, 1.54) is 0 Å². The Bertz CT molecular complexity index is 308. The molecule has 0 radical (unpaired) electrons. The maximum atomic E-state index is 5.48. The molecule has 1 N–H and O–H groups in total. The van der Waals surface area contributed by atoms with E-state index < -0.39 is 0 Å². The SMILES string of the molecule is CC(NCc1cc(Br)c(Br)o1)C(C)(C)C. The van der Waals surface area contributed by atoms with Gasteiger partial charge in [0.1, 0.15) is 5.76 Å². The second-order valence-corrected chi connectivity index (χ2v) is 6.38. The molecular formula is C11H17Br2NO. The summed E-state index contributed by atoms with van der Waals surface area (Å²) in [7, 11) is 0. The molecule has 0 aliphatic carbocycles. The van der Waals surface area contributed by atoms with Crippen molar-refractivity contribution < 1.29 is 4.42 Å². The second kappa shape index (κ2) is 5.02. The van der Waals surface area contributed by atoms with Crippen LogP contribution in [0.5, 0.6) is 0 Å². The number of rotatable bonds is 3. The monoisotopic (exact) mass is 337 g/mol. The van der Waals surface area contributed by atoms with Gasteiger partial charge in [0.05, 0.1) is 11.0 Å². The van der Waals surface area contributed by atoms with Gasteiger partial charge in [-0.3, -0.25) is 0 Å². The van der Waals surface area contributed by atoms with E-state index in [-0.39, 0.29) is 5.41 Å². The third kappa shape index (κ3) is 3.93. The quantitative estimate of drug-likeness (QED) is 0.887. The Morgan fingerprint density at radius 1 is 1.40 bits per heavy atom. The van der Waals surface area contributed by atoms with Gasteiger partial charge < -0.3 is 9.73 Å². The van der Waals surface area contributed by atoms with Gasteiger partial charge in [0.2, 0.25) is 0 Å². The van der Waals surface area contributed by atoms with Crippen molar-refractivity contribution >= 4 is 31.9 Å². The first-order valence-electron chi connectivity index (χ1n) is 4.98. The van der Waals surface area contributed by atoms with Gasteiger partial charge in [-0.25, -0.2) is 0 Å². The van der Waals surface area contributed by atoms with Gasteiger partial charge in [-0.2, -0.15) is 0 Å². The molecule has 1 aromatic rings. The number of hydrogen-bond donors (Lipinski definition) is 1. The van der Waals surface area contributed by atoms with Crippen molar-refractivity contribution in [3.63, 3.8) is 0 Å². The highest BCUT2D eigenvalue weighted by molar-refractivity contribution is 9.13. The summed E-state index contributed by atoms with van der Waals surface area (Å²) in [5.74, 6) is 0.935. The highest BCUT2D eigenvalue weighted by Gasteiger charge is 2.19. The average Bonchev–Trinajstić information content (AvgIpc) is 2.41. The third-order valence-electron chi connectivity index (χ3n) is 2.58. The van der Waals surface area contributed by atoms with Gasteiger partial charge in [0.15, 0.2) is 4.67 Å². The lowest BCUT2D eigenvalue weighted by Gasteiger charge is -2.27. The minimum absolute atomic E-state index is 0.265. The van der Waals surface area contributed by atoms with Crippen molar-refractivity contribution in [2.45, 2.75) is 40.3 Å². The van der Waals surface area contributed by atoms with Gasteiger partial charge in [-0.05, 0) is 50.3 Å². The van der Waals surface area contributed by atoms with Crippen LogP contribution in [0.3, 0.4) is 0 Å². The lowest BCUT2D eigenvalue weighted by molar-refractivity contribution is 0.277. The Morgan fingerprint density at radius 3 is 2.40 bits per heavy atom. The van der Waals surface area contributed by atoms with Crippen molar-refractivity contribution in [1.82, 2.24) is 5.32 Å². The van der Waals surface area contributed by atoms with E-state index in [1.807, 2.05) is 6.07 Å². The lowest BCUT2D eigenvalue weighted by atomic mass is 9.88. The first kappa shape index (κ1) is 13.3. The van der Waals surface area contributed by atoms with Gasteiger partial charge in [-0.1, -0.05) is 20.8 Å². The molecule has 1 heterocycles. The van der Waals surface area contributed by atoms with Gasteiger partial charge >= 0.3 is 0 Å². The highest BCUT2D eigenvalue weighted by atomic mass is 79.9. The number of furan rings is 1. The third-order valence-corrected chi connectivity index (χ3v) is 4.29. The zero-order valence-corrected chi connectivity index (χ0v) is 12.7. The normalized spacial score (nSPS) is 14.3. The molecule has 1 unspecified atom stereocenters. The van der Waals surface area contributed by atoms with E-state index in [0.717, 1.165) is 21.4 Å². The summed E-state index contributed by atoms with van der Waals surface area (Å²) in [4.78, 5) is 0. The van der Waals surface area contributed by atoms with E-state index in [9.17, 15) is 0 Å². The van der Waals surface area contributed by atoms with Crippen molar-refractivity contribution in [2.24, 2.45) is 5.41 Å². The maximum Gasteiger partial charge on any atom is 0.183 e. The van der Waals surface area contributed by atoms with E-state index in [0.29, 0.717) is 6.04 Å². The second-order valence-electron chi connectivity index (χ2n) is 4.80. The summed E-state index contributed by atoms with van der Waals surface area (Å²) in [6.07, 6.45) is 0. The van der Waals surface area contributed by atoms with Crippen LogP contribution in [0.2, 0.25) is 0 Å². The van der Waals surface area contributed by atoms with Gasteiger partial charge in [0.25, 0.3) is 0 Å². The van der Waals surface area contributed by atoms with Crippen LogP contribution in [-0.2, 0) is 6.54 Å². The molecular weight excluding hydrogens is 322 g/mol. The van der Waals surface area contributed by atoms with Crippen LogP contribution >= 0.6 is 31.9 Å². The topological polar surface area (TPSA) is 25.2 Å². The molecule has 0 saturated carbocycles. The fourth-order valence-corrected chi connectivity index (χ4v) is 1.70. The molecule has 0 aliphatic heterocycles. The Hall–Kier alpha value is 0.200. The Labute approximate surface area is 108 Å². The predicted octanol–water partition coefficient (Wildman–Crippen LogP) is 4.33. The Kier molecular flexibility index (Phi) is 4.44. The molecule has 0 fully saturated rings. The molecule has 15 heavy (non-hydrogen) atoms. The molecule has 0 bridgehead atoms. The molecule has 1 rings (SSSR count). The zero-order valence-electron chi connectivity index (χ0n) is 9.53. The highest BCUT2D eigenvalue weighted by Crippen LogP contribution is 2.27. The van der Waals surface area contributed by atoms with Crippen LogP contribution in [0.4, 0.5) is 0 Å². The molecule has 0 aliphatic rings. The molecule has 1 atom stereocenters. The first-order valence-corrected chi connectivity index (χ1v) is 6.56. The molecule has 0 saturated heterocycles. The van der Waals surface area contributed by atoms with Crippen molar-refractivity contribution in [1.29, 1.82) is 0 Å². The largest absolute Gasteiger partial charge is 0.452 e. The van der Waals surface area contributed by atoms with Crippen LogP contribution in [0.25, 0.3) is 0 Å². The van der Waals surface area contributed by atoms with Crippen LogP contribution in [0.1, 0.15) is 33.5 Å². The first-order chi connectivity index (χ1) is 6.80. The summed E-state index contributed by atoms with van der Waals surface area (Å²) >= 11 is 6.72. The minimum Gasteiger partial charge on any atom is -0.452 e. The molecule has 86 valence electrons. The molecule has 1 aromatic heterocycles. The Morgan fingerprint density at radius 2 is 2.00 bits per heavy atom. The molecule has 0 aromatic carbocycles. The van der Waals surface area contributed by atoms with E-state index in [2.05, 4.69) is 64.9 Å². The van der Waals surface area contributed by atoms with Crippen molar-refractivity contribution in [3.05, 3.63) is 21.0 Å². The molecule has 4 heteroatoms. The maximum absolute atomic E-state index is 5.48. The summed E-state index contributed by atoms with van der Waals surface area (Å²) in [6.45, 7) is 9.60. The molecule has 2 nitrogen and oxygen atoms in total. The van der Waals surface area contributed by atoms with Crippen LogP contribution in [-0.4, -0.2) is 6.04 Å². The average molecular weight is 339 g/mol. The van der Waals surface area contributed by atoms with Crippen LogP contribution < -0.4 is 5.32 Å². The zero-order chi connectivity index (χ0) is 11.6. The summed E-state index contributed by atoms with van der Waals surface area (Å²) in [5.41, 5.74) is 0.265. The van der Waals surface area contributed by atoms with E-state index in [1.54, 1.807) is 0 Å². The number of nitrogens with one attached hydrogen (secondary N) is 1. The summed E-state index contributed by atoms with van der Waals surface area (Å²) in [6, 6.07) is 2.42. The predicted molar refractivity (Wildman–Crippen MR) is 69.9 cm³/mol. The molecule has 0 amide bonds. The van der Waals surface area contributed by atoms with Gasteiger partial charge in [0, 0.05) is 6.04 Å². The number of hydrogen-bond acceptors (Lipinski definition) is 2. The summed E-state index contributed by atoms with van der Waals surface area (Å²) in [5, 5.41) is 3.44. The Balaban J connectivity index is 2.51. The summed E-state index contributed by atoms with van der Waals surface area (Å²) < 4.78 is 7.20. The lowest BCUT2D eigenvalue weighted by Crippen LogP contribution is -2.37. The van der Waals surface area contributed by atoms with E-state index >= 15 is 0 Å². The smallest absolute Gasteiger partial charge is 0.183 e. The van der Waals surface area contributed by atoms with Crippen molar-refractivity contribution in [2.75, 3.05) is 0 Å². The van der Waals surface area contributed by atoms with Crippen LogP contribution in [0.15, 0.2) is 19.6 Å². The molecule has 0 spiro atoms.